The third kappa shape index (κ3) is 3.85. The van der Waals surface area contributed by atoms with Gasteiger partial charge in [0, 0.05) is 41.7 Å². The van der Waals surface area contributed by atoms with Crippen LogP contribution in [0.2, 0.25) is 0 Å². The molecule has 4 aromatic heterocycles. The second kappa shape index (κ2) is 8.53. The van der Waals surface area contributed by atoms with Crippen LogP contribution in [-0.4, -0.2) is 60.1 Å². The van der Waals surface area contributed by atoms with Gasteiger partial charge in [0.15, 0.2) is 5.88 Å². The van der Waals surface area contributed by atoms with Crippen LogP contribution in [0.3, 0.4) is 0 Å². The Kier molecular flexibility index (Phi) is 5.38. The molecule has 2 saturated heterocycles. The Morgan fingerprint density at radius 1 is 1.15 bits per heavy atom. The first-order valence-electron chi connectivity index (χ1n) is 14.0. The van der Waals surface area contributed by atoms with Gasteiger partial charge in [0.25, 0.3) is 5.91 Å². The summed E-state index contributed by atoms with van der Waals surface area (Å²) in [6.45, 7) is 6.41. The molecule has 1 amide bonds. The summed E-state index contributed by atoms with van der Waals surface area (Å²) in [6.07, 6.45) is 5.27. The van der Waals surface area contributed by atoms with Crippen molar-refractivity contribution in [1.29, 1.82) is 0 Å². The molecule has 204 valence electrons. The van der Waals surface area contributed by atoms with Gasteiger partial charge in [0.1, 0.15) is 22.6 Å². The van der Waals surface area contributed by atoms with Gasteiger partial charge in [-0.05, 0) is 83.1 Å². The SMILES string of the molecule is COc1cc(C(=O)N2[C@H]3CC[C@@H]2[C@H](N)C3)cc2nc(-c3cc4ccc(C(C)(C)O)nc4n3CC3CC3)c(C)n12. The van der Waals surface area contributed by atoms with Gasteiger partial charge in [-0.1, -0.05) is 0 Å². The van der Waals surface area contributed by atoms with Gasteiger partial charge >= 0.3 is 0 Å². The number of methoxy groups -OCH3 is 1. The number of nitrogens with two attached hydrogens (primary N) is 1. The molecule has 2 aliphatic heterocycles. The van der Waals surface area contributed by atoms with Gasteiger partial charge in [-0.15, -0.1) is 0 Å². The number of aliphatic hydroxyl groups is 1. The lowest BCUT2D eigenvalue weighted by molar-refractivity contribution is 0.0723. The van der Waals surface area contributed by atoms with Gasteiger partial charge in [0.2, 0.25) is 0 Å². The van der Waals surface area contributed by atoms with E-state index in [1.54, 1.807) is 21.0 Å². The molecule has 0 spiro atoms. The summed E-state index contributed by atoms with van der Waals surface area (Å²) in [5.41, 5.74) is 10.8. The zero-order chi connectivity index (χ0) is 27.2. The summed E-state index contributed by atoms with van der Waals surface area (Å²) < 4.78 is 10.0. The molecule has 3 atom stereocenters. The van der Waals surface area contributed by atoms with E-state index >= 15 is 0 Å². The molecule has 2 bridgehead atoms. The molecule has 0 aromatic carbocycles. The van der Waals surface area contributed by atoms with E-state index in [1.165, 1.54) is 12.8 Å². The van der Waals surface area contributed by atoms with Crippen molar-refractivity contribution in [2.45, 2.75) is 83.1 Å². The van der Waals surface area contributed by atoms with Gasteiger partial charge < -0.3 is 25.0 Å². The molecule has 3 aliphatic rings. The molecule has 7 rings (SSSR count). The highest BCUT2D eigenvalue weighted by Crippen LogP contribution is 2.40. The minimum Gasteiger partial charge on any atom is -0.482 e. The molecule has 6 heterocycles. The second-order valence-corrected chi connectivity index (χ2v) is 12.2. The molecule has 9 nitrogen and oxygen atoms in total. The highest BCUT2D eigenvalue weighted by molar-refractivity contribution is 5.96. The Balaban J connectivity index is 1.36. The maximum atomic E-state index is 13.7. The summed E-state index contributed by atoms with van der Waals surface area (Å²) in [6, 6.07) is 10.1. The molecule has 3 N–H and O–H groups in total. The van der Waals surface area contributed by atoms with E-state index in [-0.39, 0.29) is 24.0 Å². The lowest BCUT2D eigenvalue weighted by Crippen LogP contribution is -2.40. The Labute approximate surface area is 227 Å². The normalized spacial score (nSPS) is 22.9. The van der Waals surface area contributed by atoms with Crippen LogP contribution >= 0.6 is 0 Å². The number of hydrogen-bond donors (Lipinski definition) is 2. The third-order valence-electron chi connectivity index (χ3n) is 8.94. The largest absolute Gasteiger partial charge is 0.482 e. The predicted octanol–water partition coefficient (Wildman–Crippen LogP) is 4.01. The van der Waals surface area contributed by atoms with E-state index in [4.69, 9.17) is 20.4 Å². The van der Waals surface area contributed by atoms with Crippen LogP contribution in [0.4, 0.5) is 0 Å². The first kappa shape index (κ1) is 24.6. The van der Waals surface area contributed by atoms with Gasteiger partial charge in [-0.3, -0.25) is 9.20 Å². The Bertz CT molecular complexity index is 1630. The Morgan fingerprint density at radius 3 is 2.59 bits per heavy atom. The maximum Gasteiger partial charge on any atom is 0.254 e. The number of aromatic nitrogens is 4. The minimum atomic E-state index is -1.03. The fourth-order valence-electron chi connectivity index (χ4n) is 6.70. The molecule has 3 fully saturated rings. The molecular weight excluding hydrogens is 492 g/mol. The van der Waals surface area contributed by atoms with Gasteiger partial charge in [-0.2, -0.15) is 0 Å². The quantitative estimate of drug-likeness (QED) is 0.391. The highest BCUT2D eigenvalue weighted by atomic mass is 16.5. The van der Waals surface area contributed by atoms with Crippen molar-refractivity contribution in [2.24, 2.45) is 11.7 Å². The van der Waals surface area contributed by atoms with E-state index in [0.717, 1.165) is 53.9 Å². The van der Waals surface area contributed by atoms with E-state index in [1.807, 2.05) is 40.5 Å². The zero-order valence-electron chi connectivity index (χ0n) is 23.0. The molecule has 4 aromatic rings. The Hall–Kier alpha value is -3.43. The predicted molar refractivity (Wildman–Crippen MR) is 149 cm³/mol. The van der Waals surface area contributed by atoms with Crippen LogP contribution in [0.15, 0.2) is 30.3 Å². The fourth-order valence-corrected chi connectivity index (χ4v) is 6.70. The fraction of sp³-hybridized carbons (Fsp3) is 0.500. The number of ether oxygens (including phenoxy) is 1. The van der Waals surface area contributed by atoms with E-state index < -0.39 is 5.60 Å². The van der Waals surface area contributed by atoms with Crippen LogP contribution in [-0.2, 0) is 12.1 Å². The Morgan fingerprint density at radius 2 is 1.95 bits per heavy atom. The number of carbonyl (C=O) groups excluding carboxylic acids is 1. The standard InChI is InChI=1S/C30H36N6O3/c1-16-27(23-11-18-7-10-24(30(2,3)38)32-28(18)34(23)15-17-5-6-17)33-25-12-19(13-26(39-4)35(16)25)29(37)36-20-8-9-22(36)21(31)14-20/h7,10-13,17,20-22,38H,5-6,8-9,14-15,31H2,1-4H3/t20-,21+,22+/m0/s1. The number of amides is 1. The summed E-state index contributed by atoms with van der Waals surface area (Å²) >= 11 is 0. The smallest absolute Gasteiger partial charge is 0.254 e. The number of pyridine rings is 2. The van der Waals surface area contributed by atoms with Crippen molar-refractivity contribution in [3.63, 3.8) is 0 Å². The van der Waals surface area contributed by atoms with Crippen molar-refractivity contribution >= 4 is 22.6 Å². The van der Waals surface area contributed by atoms with Crippen molar-refractivity contribution in [2.75, 3.05) is 7.11 Å². The molecule has 0 unspecified atom stereocenters. The van der Waals surface area contributed by atoms with Crippen molar-refractivity contribution < 1.29 is 14.6 Å². The number of fused-ring (bicyclic) bond motifs is 4. The second-order valence-electron chi connectivity index (χ2n) is 12.2. The van der Waals surface area contributed by atoms with Gasteiger partial charge in [0.05, 0.1) is 24.2 Å². The highest BCUT2D eigenvalue weighted by Gasteiger charge is 2.47. The van der Waals surface area contributed by atoms with Crippen molar-refractivity contribution in [3.05, 3.63) is 47.3 Å². The van der Waals surface area contributed by atoms with Crippen LogP contribution in [0.25, 0.3) is 28.1 Å². The van der Waals surface area contributed by atoms with Gasteiger partial charge in [-0.25, -0.2) is 9.97 Å². The molecule has 39 heavy (non-hydrogen) atoms. The van der Waals surface area contributed by atoms with E-state index in [9.17, 15) is 9.90 Å². The molecule has 1 aliphatic carbocycles. The average molecular weight is 529 g/mol. The first-order chi connectivity index (χ1) is 18.6. The molecule has 9 heteroatoms. The summed E-state index contributed by atoms with van der Waals surface area (Å²) in [4.78, 5) is 25.6. The number of aryl methyl sites for hydroxylation is 1. The van der Waals surface area contributed by atoms with Crippen LogP contribution in [0.1, 0.15) is 67.7 Å². The molecular formula is C30H36N6O3. The van der Waals surface area contributed by atoms with Crippen molar-refractivity contribution in [1.82, 2.24) is 23.8 Å². The van der Waals surface area contributed by atoms with Crippen LogP contribution in [0, 0.1) is 12.8 Å². The summed E-state index contributed by atoms with van der Waals surface area (Å²) in [5.74, 6) is 1.20. The first-order valence-corrected chi connectivity index (χ1v) is 14.0. The third-order valence-corrected chi connectivity index (χ3v) is 8.94. The number of imidazole rings is 1. The minimum absolute atomic E-state index is 0.00430. The average Bonchev–Trinajstić information content (AvgIpc) is 3.22. The number of rotatable bonds is 6. The number of carbonyl (C=O) groups is 1. The summed E-state index contributed by atoms with van der Waals surface area (Å²) in [7, 11) is 1.63. The van der Waals surface area contributed by atoms with Crippen molar-refractivity contribution in [3.8, 4) is 17.3 Å². The number of hydrogen-bond acceptors (Lipinski definition) is 6. The van der Waals surface area contributed by atoms with Crippen LogP contribution in [0.5, 0.6) is 5.88 Å². The zero-order valence-corrected chi connectivity index (χ0v) is 23.0. The lowest BCUT2D eigenvalue weighted by atomic mass is 9.97. The van der Waals surface area contributed by atoms with Crippen LogP contribution < -0.4 is 10.5 Å². The summed E-state index contributed by atoms with van der Waals surface area (Å²) in [5, 5.41) is 11.6. The van der Waals surface area contributed by atoms with E-state index in [2.05, 4.69) is 10.6 Å². The topological polar surface area (TPSA) is 111 Å². The monoisotopic (exact) mass is 528 g/mol. The number of nitrogens with zero attached hydrogens (tertiary/aromatic N) is 5. The maximum absolute atomic E-state index is 13.7. The molecule has 0 radical (unpaired) electrons. The van der Waals surface area contributed by atoms with E-state index in [0.29, 0.717) is 28.7 Å². The lowest BCUT2D eigenvalue weighted by Gasteiger charge is -2.23. The molecule has 1 saturated carbocycles.